The van der Waals surface area contributed by atoms with E-state index in [-0.39, 0.29) is 25.0 Å². The number of benzene rings is 3. The third-order valence-corrected chi connectivity index (χ3v) is 7.52. The summed E-state index contributed by atoms with van der Waals surface area (Å²) in [6, 6.07) is 25.8. The Balaban J connectivity index is 1.39. The number of amidine groups is 1. The fraction of sp³-hybridized carbons (Fsp3) is 0.129. The first-order chi connectivity index (χ1) is 20.0. The molecule has 3 aromatic carbocycles. The molecule has 0 unspecified atom stereocenters. The van der Waals surface area contributed by atoms with Crippen LogP contribution in [0.4, 0.5) is 11.4 Å². The van der Waals surface area contributed by atoms with Crippen molar-refractivity contribution in [2.24, 2.45) is 4.99 Å². The SMILES string of the molecule is CCOc1cc(/C=C2\SC(=Nc3ccccc3)N(Cc3ccco3)C2=O)c(Br)cc1OCC(=O)Nc1ccccc1. The molecule has 0 radical (unpaired) electrons. The molecule has 8 nitrogen and oxygen atoms in total. The van der Waals surface area contributed by atoms with Crippen molar-refractivity contribution in [1.82, 2.24) is 4.90 Å². The number of aliphatic imine (C=N–C) groups is 1. The summed E-state index contributed by atoms with van der Waals surface area (Å²) in [6.07, 6.45) is 3.36. The minimum absolute atomic E-state index is 0.191. The summed E-state index contributed by atoms with van der Waals surface area (Å²) in [6.45, 7) is 2.31. The van der Waals surface area contributed by atoms with E-state index in [0.717, 1.165) is 5.69 Å². The number of hydrogen-bond donors (Lipinski definition) is 1. The third kappa shape index (κ3) is 7.27. The van der Waals surface area contributed by atoms with Crippen molar-refractivity contribution >= 4 is 62.1 Å². The number of para-hydroxylation sites is 2. The van der Waals surface area contributed by atoms with Crippen molar-refractivity contribution in [3.8, 4) is 11.5 Å². The van der Waals surface area contributed by atoms with E-state index in [0.29, 0.717) is 49.7 Å². The number of halogens is 1. The highest BCUT2D eigenvalue weighted by Gasteiger charge is 2.34. The molecule has 4 aromatic rings. The van der Waals surface area contributed by atoms with Crippen LogP contribution in [0.3, 0.4) is 0 Å². The number of nitrogens with zero attached hydrogens (tertiary/aromatic N) is 2. The Hall–Kier alpha value is -4.28. The summed E-state index contributed by atoms with van der Waals surface area (Å²) in [5.41, 5.74) is 2.14. The van der Waals surface area contributed by atoms with E-state index in [4.69, 9.17) is 18.9 Å². The van der Waals surface area contributed by atoms with Crippen molar-refractivity contribution < 1.29 is 23.5 Å². The molecule has 1 aliphatic heterocycles. The molecule has 0 bridgehead atoms. The normalized spacial score (nSPS) is 15.0. The van der Waals surface area contributed by atoms with Crippen LogP contribution in [-0.4, -0.2) is 35.1 Å². The summed E-state index contributed by atoms with van der Waals surface area (Å²) in [5.74, 6) is 1.02. The molecule has 41 heavy (non-hydrogen) atoms. The van der Waals surface area contributed by atoms with Gasteiger partial charge in [-0.05, 0) is 78.9 Å². The number of hydrogen-bond acceptors (Lipinski definition) is 7. The van der Waals surface area contributed by atoms with Gasteiger partial charge in [-0.15, -0.1) is 0 Å². The van der Waals surface area contributed by atoms with Crippen LogP contribution < -0.4 is 14.8 Å². The van der Waals surface area contributed by atoms with Crippen molar-refractivity contribution in [1.29, 1.82) is 0 Å². The lowest BCUT2D eigenvalue weighted by Crippen LogP contribution is -2.28. The maximum absolute atomic E-state index is 13.6. The van der Waals surface area contributed by atoms with Crippen LogP contribution in [0.15, 0.2) is 110 Å². The van der Waals surface area contributed by atoms with E-state index in [1.165, 1.54) is 11.8 Å². The monoisotopic (exact) mass is 631 g/mol. The zero-order valence-corrected chi connectivity index (χ0v) is 24.5. The molecule has 0 aliphatic carbocycles. The molecule has 10 heteroatoms. The Morgan fingerprint density at radius 3 is 2.46 bits per heavy atom. The average molecular weight is 633 g/mol. The molecule has 1 fully saturated rings. The topological polar surface area (TPSA) is 93.4 Å². The van der Waals surface area contributed by atoms with Crippen molar-refractivity contribution in [2.75, 3.05) is 18.5 Å². The standard InChI is InChI=1S/C31H26BrN3O5S/c1-2-38-26-16-21(25(32)18-27(26)40-20-29(36)33-22-10-5-3-6-11-22)17-28-30(37)35(19-24-14-9-15-39-24)31(41-28)34-23-12-7-4-8-13-23/h3-18H,2,19-20H2,1H3,(H,33,36)/b28-17-,34-31?. The van der Waals surface area contributed by atoms with Gasteiger partial charge in [-0.25, -0.2) is 4.99 Å². The number of carbonyl (C=O) groups excluding carboxylic acids is 2. The first kappa shape index (κ1) is 28.3. The number of rotatable bonds is 10. The molecule has 0 saturated carbocycles. The molecule has 0 spiro atoms. The Morgan fingerprint density at radius 1 is 1.02 bits per heavy atom. The smallest absolute Gasteiger partial charge is 0.267 e. The molecule has 2 heterocycles. The maximum atomic E-state index is 13.6. The van der Waals surface area contributed by atoms with Crippen molar-refractivity contribution in [3.05, 3.63) is 112 Å². The highest BCUT2D eigenvalue weighted by atomic mass is 79.9. The summed E-state index contributed by atoms with van der Waals surface area (Å²) in [5, 5.41) is 3.35. The Morgan fingerprint density at radius 2 is 1.76 bits per heavy atom. The van der Waals surface area contributed by atoms with Gasteiger partial charge in [0.05, 0.1) is 30.0 Å². The molecular formula is C31H26BrN3O5S. The highest BCUT2D eigenvalue weighted by molar-refractivity contribution is 9.10. The van der Waals surface area contributed by atoms with Crippen LogP contribution in [-0.2, 0) is 16.1 Å². The number of furan rings is 1. The molecule has 208 valence electrons. The second kappa shape index (κ2) is 13.4. The van der Waals surface area contributed by atoms with E-state index < -0.39 is 0 Å². The van der Waals surface area contributed by atoms with Crippen LogP contribution in [0.1, 0.15) is 18.2 Å². The van der Waals surface area contributed by atoms with Crippen LogP contribution in [0.2, 0.25) is 0 Å². The van der Waals surface area contributed by atoms with Gasteiger partial charge in [0, 0.05) is 10.2 Å². The quantitative estimate of drug-likeness (QED) is 0.185. The Kier molecular flexibility index (Phi) is 9.22. The van der Waals surface area contributed by atoms with Crippen LogP contribution in [0.25, 0.3) is 6.08 Å². The first-order valence-corrected chi connectivity index (χ1v) is 14.4. The van der Waals surface area contributed by atoms with Gasteiger partial charge < -0.3 is 19.2 Å². The van der Waals surface area contributed by atoms with Gasteiger partial charge in [0.15, 0.2) is 23.3 Å². The zero-order chi connectivity index (χ0) is 28.6. The van der Waals surface area contributed by atoms with Crippen LogP contribution >= 0.6 is 27.7 Å². The number of ether oxygens (including phenoxy) is 2. The fourth-order valence-electron chi connectivity index (χ4n) is 3.95. The molecule has 1 aromatic heterocycles. The highest BCUT2D eigenvalue weighted by Crippen LogP contribution is 2.39. The van der Waals surface area contributed by atoms with Gasteiger partial charge >= 0.3 is 0 Å². The van der Waals surface area contributed by atoms with Gasteiger partial charge in [0.2, 0.25) is 0 Å². The van der Waals surface area contributed by atoms with Crippen molar-refractivity contribution in [3.63, 3.8) is 0 Å². The lowest BCUT2D eigenvalue weighted by Gasteiger charge is -2.14. The van der Waals surface area contributed by atoms with Gasteiger partial charge in [-0.3, -0.25) is 14.5 Å². The fourth-order valence-corrected chi connectivity index (χ4v) is 5.37. The minimum atomic E-state index is -0.296. The Labute approximate surface area is 250 Å². The van der Waals surface area contributed by atoms with Crippen LogP contribution in [0.5, 0.6) is 11.5 Å². The summed E-state index contributed by atoms with van der Waals surface area (Å²) in [7, 11) is 0. The second-order valence-electron chi connectivity index (χ2n) is 8.77. The number of anilines is 1. The molecular weight excluding hydrogens is 606 g/mol. The Bertz CT molecular complexity index is 1570. The van der Waals surface area contributed by atoms with Gasteiger partial charge in [0.1, 0.15) is 5.76 Å². The van der Waals surface area contributed by atoms with Gasteiger partial charge in [0.25, 0.3) is 11.8 Å². The minimum Gasteiger partial charge on any atom is -0.490 e. The molecule has 2 amide bonds. The molecule has 1 N–H and O–H groups in total. The third-order valence-electron chi connectivity index (χ3n) is 5.83. The van der Waals surface area contributed by atoms with E-state index >= 15 is 0 Å². The summed E-state index contributed by atoms with van der Waals surface area (Å²) < 4.78 is 17.8. The van der Waals surface area contributed by atoms with E-state index in [1.54, 1.807) is 47.6 Å². The first-order valence-electron chi connectivity index (χ1n) is 12.8. The molecule has 5 rings (SSSR count). The molecule has 1 aliphatic rings. The van der Waals surface area contributed by atoms with E-state index in [1.807, 2.05) is 61.5 Å². The summed E-state index contributed by atoms with van der Waals surface area (Å²) >= 11 is 4.88. The lowest BCUT2D eigenvalue weighted by atomic mass is 10.1. The summed E-state index contributed by atoms with van der Waals surface area (Å²) in [4.78, 5) is 32.8. The molecule has 0 atom stereocenters. The van der Waals surface area contributed by atoms with Gasteiger partial charge in [-0.2, -0.15) is 0 Å². The number of thioether (sulfide) groups is 1. The lowest BCUT2D eigenvalue weighted by molar-refractivity contribution is -0.122. The number of carbonyl (C=O) groups is 2. The average Bonchev–Trinajstić information content (AvgIpc) is 3.59. The van der Waals surface area contributed by atoms with Crippen LogP contribution in [0, 0.1) is 0 Å². The predicted octanol–water partition coefficient (Wildman–Crippen LogP) is 7.26. The predicted molar refractivity (Wildman–Crippen MR) is 164 cm³/mol. The van der Waals surface area contributed by atoms with E-state index in [9.17, 15) is 9.59 Å². The number of nitrogens with one attached hydrogen (secondary N) is 1. The number of amides is 2. The second-order valence-corrected chi connectivity index (χ2v) is 10.6. The van der Waals surface area contributed by atoms with E-state index in [2.05, 4.69) is 21.2 Å². The molecule has 1 saturated heterocycles. The largest absolute Gasteiger partial charge is 0.490 e. The zero-order valence-electron chi connectivity index (χ0n) is 22.1. The van der Waals surface area contributed by atoms with Crippen molar-refractivity contribution in [2.45, 2.75) is 13.5 Å². The van der Waals surface area contributed by atoms with Gasteiger partial charge in [-0.1, -0.05) is 52.3 Å². The maximum Gasteiger partial charge on any atom is 0.267 e.